The predicted molar refractivity (Wildman–Crippen MR) is 142 cm³/mol. The number of aromatic nitrogens is 2. The zero-order valence-electron chi connectivity index (χ0n) is 21.0. The van der Waals surface area contributed by atoms with Crippen LogP contribution in [0.2, 0.25) is 0 Å². The number of benzene rings is 2. The summed E-state index contributed by atoms with van der Waals surface area (Å²) in [6, 6.07) is 13.0. The number of thioether (sulfide) groups is 1. The second-order valence-electron chi connectivity index (χ2n) is 8.63. The van der Waals surface area contributed by atoms with Gasteiger partial charge in [0, 0.05) is 6.04 Å². The molecule has 0 aliphatic rings. The highest BCUT2D eigenvalue weighted by molar-refractivity contribution is 8.00. The minimum atomic E-state index is -0.443. The average Bonchev–Trinajstić information content (AvgIpc) is 2.85. The Bertz CT molecular complexity index is 1200. The third kappa shape index (κ3) is 6.92. The van der Waals surface area contributed by atoms with Gasteiger partial charge in [-0.15, -0.1) is 0 Å². The number of hydrogen-bond acceptors (Lipinski definition) is 5. The Morgan fingerprint density at radius 1 is 1.14 bits per heavy atom. The number of rotatable bonds is 12. The molecule has 0 aliphatic heterocycles. The summed E-state index contributed by atoms with van der Waals surface area (Å²) >= 11 is 1.24. The second-order valence-corrected chi connectivity index (χ2v) is 9.80. The smallest absolute Gasteiger partial charge is 0.266 e. The number of nitrogens with one attached hydrogen (secondary N) is 1. The first-order valence-corrected chi connectivity index (χ1v) is 13.2. The van der Waals surface area contributed by atoms with E-state index in [4.69, 9.17) is 4.98 Å². The molecule has 188 valence electrons. The van der Waals surface area contributed by atoms with E-state index in [9.17, 15) is 14.0 Å². The van der Waals surface area contributed by atoms with Crippen molar-refractivity contribution in [1.82, 2.24) is 19.8 Å². The Balaban J connectivity index is 1.83. The summed E-state index contributed by atoms with van der Waals surface area (Å²) in [5, 5.41) is 3.51. The molecule has 0 saturated carbocycles. The average molecular weight is 499 g/mol. The lowest BCUT2D eigenvalue weighted by atomic mass is 10.1. The Labute approximate surface area is 210 Å². The molecule has 0 saturated heterocycles. The van der Waals surface area contributed by atoms with Gasteiger partial charge in [-0.25, -0.2) is 9.37 Å². The van der Waals surface area contributed by atoms with E-state index >= 15 is 0 Å². The Kier molecular flexibility index (Phi) is 9.86. The largest absolute Gasteiger partial charge is 0.353 e. The standard InChI is InChI=1S/C27H35FN4O2S/c1-5-24(25(33)29-19(4)12-11-17-31(6-2)7-3)35-27-30-23-16-9-8-15-22(23)26(34)32(27)21-14-10-13-20(28)18-21/h8-10,13-16,18-19,24H,5-7,11-12,17H2,1-4H3,(H,29,33). The Hall–Kier alpha value is -2.71. The molecule has 3 rings (SSSR count). The van der Waals surface area contributed by atoms with E-state index in [1.807, 2.05) is 19.9 Å². The van der Waals surface area contributed by atoms with Gasteiger partial charge in [-0.1, -0.05) is 50.7 Å². The molecule has 3 aromatic rings. The lowest BCUT2D eigenvalue weighted by Crippen LogP contribution is -2.39. The molecule has 8 heteroatoms. The summed E-state index contributed by atoms with van der Waals surface area (Å²) in [5.74, 6) is -0.525. The van der Waals surface area contributed by atoms with Gasteiger partial charge in [-0.05, 0) is 76.2 Å². The van der Waals surface area contributed by atoms with Crippen molar-refractivity contribution in [3.05, 3.63) is 64.7 Å². The lowest BCUT2D eigenvalue weighted by molar-refractivity contribution is -0.121. The highest BCUT2D eigenvalue weighted by atomic mass is 32.2. The highest BCUT2D eigenvalue weighted by Crippen LogP contribution is 2.27. The van der Waals surface area contributed by atoms with Gasteiger partial charge in [-0.2, -0.15) is 0 Å². The third-order valence-corrected chi connectivity index (χ3v) is 7.43. The van der Waals surface area contributed by atoms with Crippen molar-refractivity contribution in [2.45, 2.75) is 63.4 Å². The van der Waals surface area contributed by atoms with Crippen LogP contribution in [0.15, 0.2) is 58.5 Å². The van der Waals surface area contributed by atoms with Crippen molar-refractivity contribution in [3.8, 4) is 5.69 Å². The van der Waals surface area contributed by atoms with E-state index in [0.29, 0.717) is 28.2 Å². The van der Waals surface area contributed by atoms with Crippen LogP contribution in [0.1, 0.15) is 47.0 Å². The first-order chi connectivity index (χ1) is 16.9. The van der Waals surface area contributed by atoms with Crippen molar-refractivity contribution in [2.24, 2.45) is 0 Å². The Morgan fingerprint density at radius 3 is 2.57 bits per heavy atom. The van der Waals surface area contributed by atoms with Crippen molar-refractivity contribution in [1.29, 1.82) is 0 Å². The van der Waals surface area contributed by atoms with E-state index in [1.54, 1.807) is 30.3 Å². The number of carbonyl (C=O) groups excluding carboxylic acids is 1. The van der Waals surface area contributed by atoms with Gasteiger partial charge in [0.15, 0.2) is 5.16 Å². The molecule has 0 spiro atoms. The first-order valence-electron chi connectivity index (χ1n) is 12.3. The van der Waals surface area contributed by atoms with Gasteiger partial charge >= 0.3 is 0 Å². The van der Waals surface area contributed by atoms with Crippen LogP contribution in [-0.2, 0) is 4.79 Å². The van der Waals surface area contributed by atoms with E-state index in [-0.39, 0.29) is 17.5 Å². The maximum absolute atomic E-state index is 14.0. The highest BCUT2D eigenvalue weighted by Gasteiger charge is 2.23. The minimum absolute atomic E-state index is 0.0442. The molecule has 2 aromatic carbocycles. The molecule has 1 heterocycles. The number of para-hydroxylation sites is 1. The van der Waals surface area contributed by atoms with Crippen LogP contribution in [0.5, 0.6) is 0 Å². The van der Waals surface area contributed by atoms with Crippen LogP contribution < -0.4 is 10.9 Å². The van der Waals surface area contributed by atoms with Gasteiger partial charge in [0.1, 0.15) is 5.82 Å². The number of halogens is 1. The fourth-order valence-corrected chi connectivity index (χ4v) is 5.09. The summed E-state index contributed by atoms with van der Waals surface area (Å²) in [7, 11) is 0. The summed E-state index contributed by atoms with van der Waals surface area (Å²) in [5.41, 5.74) is 0.646. The molecule has 2 unspecified atom stereocenters. The summed E-state index contributed by atoms with van der Waals surface area (Å²) < 4.78 is 15.4. The molecular weight excluding hydrogens is 463 g/mol. The van der Waals surface area contributed by atoms with Crippen molar-refractivity contribution >= 4 is 28.6 Å². The van der Waals surface area contributed by atoms with Crippen LogP contribution in [0.4, 0.5) is 4.39 Å². The summed E-state index contributed by atoms with van der Waals surface area (Å²) in [6.07, 6.45) is 2.47. The molecule has 1 N–H and O–H groups in total. The van der Waals surface area contributed by atoms with E-state index < -0.39 is 11.1 Å². The minimum Gasteiger partial charge on any atom is -0.353 e. The van der Waals surface area contributed by atoms with Gasteiger partial charge in [-0.3, -0.25) is 14.2 Å². The number of nitrogens with zero attached hydrogens (tertiary/aromatic N) is 3. The molecule has 0 fully saturated rings. The molecular formula is C27H35FN4O2S. The van der Waals surface area contributed by atoms with Crippen LogP contribution >= 0.6 is 11.8 Å². The van der Waals surface area contributed by atoms with E-state index in [0.717, 1.165) is 32.5 Å². The van der Waals surface area contributed by atoms with Crippen LogP contribution in [-0.4, -0.2) is 51.3 Å². The molecule has 6 nitrogen and oxygen atoms in total. The quantitative estimate of drug-likeness (QED) is 0.280. The molecule has 1 amide bonds. The molecule has 35 heavy (non-hydrogen) atoms. The molecule has 1 aromatic heterocycles. The fourth-order valence-electron chi connectivity index (χ4n) is 4.05. The normalized spacial score (nSPS) is 13.2. The molecule has 0 radical (unpaired) electrons. The molecule has 0 bridgehead atoms. The van der Waals surface area contributed by atoms with Gasteiger partial charge in [0.25, 0.3) is 5.56 Å². The number of fused-ring (bicyclic) bond motifs is 1. The number of carbonyl (C=O) groups is 1. The van der Waals surface area contributed by atoms with Crippen molar-refractivity contribution in [3.63, 3.8) is 0 Å². The number of hydrogen-bond donors (Lipinski definition) is 1. The van der Waals surface area contributed by atoms with E-state index in [2.05, 4.69) is 24.1 Å². The van der Waals surface area contributed by atoms with E-state index in [1.165, 1.54) is 28.5 Å². The van der Waals surface area contributed by atoms with Crippen LogP contribution in [0.25, 0.3) is 16.6 Å². The monoisotopic (exact) mass is 498 g/mol. The predicted octanol–water partition coefficient (Wildman–Crippen LogP) is 5.02. The zero-order chi connectivity index (χ0) is 25.4. The topological polar surface area (TPSA) is 67.2 Å². The Morgan fingerprint density at radius 2 is 1.89 bits per heavy atom. The van der Waals surface area contributed by atoms with Gasteiger partial charge in [0.05, 0.1) is 21.8 Å². The van der Waals surface area contributed by atoms with Gasteiger partial charge < -0.3 is 10.2 Å². The third-order valence-electron chi connectivity index (χ3n) is 6.12. The van der Waals surface area contributed by atoms with Crippen LogP contribution in [0, 0.1) is 5.82 Å². The van der Waals surface area contributed by atoms with Gasteiger partial charge in [0.2, 0.25) is 5.91 Å². The number of amides is 1. The SMILES string of the molecule is CCC(Sc1nc2ccccc2c(=O)n1-c1cccc(F)c1)C(=O)NC(C)CCCN(CC)CC. The lowest BCUT2D eigenvalue weighted by Gasteiger charge is -2.22. The summed E-state index contributed by atoms with van der Waals surface area (Å²) in [4.78, 5) is 33.6. The molecule has 2 atom stereocenters. The summed E-state index contributed by atoms with van der Waals surface area (Å²) in [6.45, 7) is 11.3. The maximum atomic E-state index is 14.0. The van der Waals surface area contributed by atoms with Crippen LogP contribution in [0.3, 0.4) is 0 Å². The second kappa shape index (κ2) is 12.8. The zero-order valence-corrected chi connectivity index (χ0v) is 21.8. The van der Waals surface area contributed by atoms with Crippen molar-refractivity contribution < 1.29 is 9.18 Å². The van der Waals surface area contributed by atoms with Crippen molar-refractivity contribution in [2.75, 3.05) is 19.6 Å². The molecule has 0 aliphatic carbocycles. The first kappa shape index (κ1) is 26.9. The fraction of sp³-hybridized carbons (Fsp3) is 0.444. The maximum Gasteiger partial charge on any atom is 0.266 e.